The van der Waals surface area contributed by atoms with Crippen molar-refractivity contribution in [1.29, 1.82) is 0 Å². The van der Waals surface area contributed by atoms with Crippen molar-refractivity contribution >= 4 is 21.9 Å². The second kappa shape index (κ2) is 4.84. The molecule has 0 spiro atoms. The van der Waals surface area contributed by atoms with Crippen molar-refractivity contribution in [2.75, 3.05) is 0 Å². The topological polar surface area (TPSA) is 26.3 Å². The second-order valence-electron chi connectivity index (χ2n) is 7.52. The molecule has 0 N–H and O–H groups in total. The van der Waals surface area contributed by atoms with Gasteiger partial charge in [0.15, 0.2) is 0 Å². The Morgan fingerprint density at radius 3 is 2.52 bits per heavy atom. The Kier molecular flexibility index (Phi) is 3.47. The summed E-state index contributed by atoms with van der Waals surface area (Å²) in [5.41, 5.74) is 2.10. The predicted octanol–water partition coefficient (Wildman–Crippen LogP) is 5.13. The van der Waals surface area contributed by atoms with Gasteiger partial charge in [0.25, 0.3) is 0 Å². The van der Waals surface area contributed by atoms with Gasteiger partial charge in [-0.05, 0) is 61.3 Å². The van der Waals surface area contributed by atoms with Gasteiger partial charge in [0.05, 0.1) is 5.56 Å². The molecule has 3 heteroatoms. The van der Waals surface area contributed by atoms with Crippen molar-refractivity contribution in [1.82, 2.24) is 0 Å². The Labute approximate surface area is 135 Å². The third-order valence-electron chi connectivity index (χ3n) is 6.24. The van der Waals surface area contributed by atoms with Crippen molar-refractivity contribution in [3.63, 3.8) is 0 Å². The highest BCUT2D eigenvalue weighted by Gasteiger charge is 2.62. The van der Waals surface area contributed by atoms with Gasteiger partial charge >= 0.3 is 5.97 Å². The SMILES string of the molecule is Cc1cc(Br)cc(C(=O)OC2CC3CCC2(C)C3(C)C)c1. The Morgan fingerprint density at radius 1 is 1.29 bits per heavy atom. The summed E-state index contributed by atoms with van der Waals surface area (Å²) in [6.07, 6.45) is 3.51. The van der Waals surface area contributed by atoms with E-state index in [1.165, 1.54) is 12.8 Å². The molecule has 3 unspecified atom stereocenters. The van der Waals surface area contributed by atoms with Gasteiger partial charge in [-0.15, -0.1) is 0 Å². The van der Waals surface area contributed by atoms with Crippen LogP contribution < -0.4 is 0 Å². The molecule has 2 aliphatic carbocycles. The van der Waals surface area contributed by atoms with E-state index in [-0.39, 0.29) is 22.9 Å². The average molecular weight is 351 g/mol. The predicted molar refractivity (Wildman–Crippen MR) is 87.3 cm³/mol. The lowest BCUT2D eigenvalue weighted by molar-refractivity contribution is -0.0242. The minimum Gasteiger partial charge on any atom is -0.458 e. The van der Waals surface area contributed by atoms with E-state index in [0.29, 0.717) is 11.5 Å². The van der Waals surface area contributed by atoms with E-state index in [9.17, 15) is 4.79 Å². The Bertz CT molecular complexity index is 573. The lowest BCUT2D eigenvalue weighted by Gasteiger charge is -2.38. The molecule has 3 rings (SSSR count). The van der Waals surface area contributed by atoms with E-state index >= 15 is 0 Å². The van der Waals surface area contributed by atoms with Crippen molar-refractivity contribution < 1.29 is 9.53 Å². The lowest BCUT2D eigenvalue weighted by atomic mass is 9.70. The van der Waals surface area contributed by atoms with Crippen LogP contribution in [0, 0.1) is 23.7 Å². The van der Waals surface area contributed by atoms with Crippen LogP contribution in [-0.2, 0) is 4.74 Å². The first-order valence-corrected chi connectivity index (χ1v) is 8.51. The molecule has 114 valence electrons. The molecular weight excluding hydrogens is 328 g/mol. The third kappa shape index (κ3) is 2.25. The Morgan fingerprint density at radius 2 is 2.00 bits per heavy atom. The second-order valence-corrected chi connectivity index (χ2v) is 8.44. The zero-order valence-electron chi connectivity index (χ0n) is 13.2. The number of hydrogen-bond acceptors (Lipinski definition) is 2. The summed E-state index contributed by atoms with van der Waals surface area (Å²) in [6, 6.07) is 5.74. The quantitative estimate of drug-likeness (QED) is 0.691. The molecule has 0 heterocycles. The van der Waals surface area contributed by atoms with Crippen molar-refractivity contribution in [3.05, 3.63) is 33.8 Å². The summed E-state index contributed by atoms with van der Waals surface area (Å²) in [7, 11) is 0. The molecule has 21 heavy (non-hydrogen) atoms. The number of carbonyl (C=O) groups excluding carboxylic acids is 1. The van der Waals surface area contributed by atoms with Crippen LogP contribution in [0.5, 0.6) is 0 Å². The molecule has 2 nitrogen and oxygen atoms in total. The molecule has 0 amide bonds. The summed E-state index contributed by atoms with van der Waals surface area (Å²) in [5.74, 6) is 0.499. The van der Waals surface area contributed by atoms with Crippen molar-refractivity contribution in [2.24, 2.45) is 16.7 Å². The molecule has 0 saturated heterocycles. The summed E-state index contributed by atoms with van der Waals surface area (Å²) < 4.78 is 6.85. The number of carbonyl (C=O) groups is 1. The van der Waals surface area contributed by atoms with Gasteiger partial charge in [-0.2, -0.15) is 0 Å². The van der Waals surface area contributed by atoms with Crippen molar-refractivity contribution in [3.8, 4) is 0 Å². The normalized spacial score (nSPS) is 33.2. The number of aryl methyl sites for hydroxylation is 1. The van der Waals surface area contributed by atoms with Gasteiger partial charge in [0.2, 0.25) is 0 Å². The van der Waals surface area contributed by atoms with Gasteiger partial charge in [-0.25, -0.2) is 4.79 Å². The number of halogens is 1. The smallest absolute Gasteiger partial charge is 0.338 e. The summed E-state index contributed by atoms with van der Waals surface area (Å²) in [6.45, 7) is 8.96. The van der Waals surface area contributed by atoms with E-state index in [1.807, 2.05) is 25.1 Å². The first kappa shape index (κ1) is 15.1. The maximum Gasteiger partial charge on any atom is 0.338 e. The van der Waals surface area contributed by atoms with Gasteiger partial charge in [0, 0.05) is 9.89 Å². The van der Waals surface area contributed by atoms with Crippen LogP contribution in [0.2, 0.25) is 0 Å². The van der Waals surface area contributed by atoms with E-state index < -0.39 is 0 Å². The number of fused-ring (bicyclic) bond motifs is 2. The highest BCUT2D eigenvalue weighted by atomic mass is 79.9. The number of ether oxygens (including phenoxy) is 1. The fraction of sp³-hybridized carbons (Fsp3) is 0.611. The van der Waals surface area contributed by atoms with Crippen LogP contribution in [0.4, 0.5) is 0 Å². The number of rotatable bonds is 2. The van der Waals surface area contributed by atoms with Crippen LogP contribution in [0.3, 0.4) is 0 Å². The molecule has 0 aromatic heterocycles. The molecule has 1 aromatic carbocycles. The van der Waals surface area contributed by atoms with Crippen LogP contribution >= 0.6 is 15.9 Å². The molecule has 2 bridgehead atoms. The molecule has 2 aliphatic rings. The standard InChI is InChI=1S/C18H23BrO2/c1-11-7-12(9-14(19)8-11)16(20)21-15-10-13-5-6-18(15,4)17(13,2)3/h7-9,13,15H,5-6,10H2,1-4H3. The van der Waals surface area contributed by atoms with E-state index in [0.717, 1.165) is 16.5 Å². The minimum atomic E-state index is -0.186. The fourth-order valence-corrected chi connectivity index (χ4v) is 4.97. The number of hydrogen-bond donors (Lipinski definition) is 0. The van der Waals surface area contributed by atoms with Crippen LogP contribution in [-0.4, -0.2) is 12.1 Å². The highest BCUT2D eigenvalue weighted by Crippen LogP contribution is 2.66. The molecule has 0 aliphatic heterocycles. The molecular formula is C18H23BrO2. The van der Waals surface area contributed by atoms with Crippen LogP contribution in [0.25, 0.3) is 0 Å². The summed E-state index contributed by atoms with van der Waals surface area (Å²) in [4.78, 5) is 12.5. The summed E-state index contributed by atoms with van der Waals surface area (Å²) >= 11 is 3.45. The average Bonchev–Trinajstić information content (AvgIpc) is 2.70. The minimum absolute atomic E-state index is 0.0537. The van der Waals surface area contributed by atoms with Gasteiger partial charge in [-0.3, -0.25) is 0 Å². The van der Waals surface area contributed by atoms with Crippen LogP contribution in [0.1, 0.15) is 56.0 Å². The number of esters is 1. The maximum atomic E-state index is 12.5. The largest absolute Gasteiger partial charge is 0.458 e. The highest BCUT2D eigenvalue weighted by molar-refractivity contribution is 9.10. The zero-order valence-corrected chi connectivity index (χ0v) is 14.8. The molecule has 1 aromatic rings. The van der Waals surface area contributed by atoms with Gasteiger partial charge < -0.3 is 4.74 Å². The van der Waals surface area contributed by atoms with Crippen LogP contribution in [0.15, 0.2) is 22.7 Å². The van der Waals surface area contributed by atoms with E-state index in [1.54, 1.807) is 0 Å². The van der Waals surface area contributed by atoms with Gasteiger partial charge in [-0.1, -0.05) is 36.7 Å². The molecule has 2 fully saturated rings. The van der Waals surface area contributed by atoms with Crippen molar-refractivity contribution in [2.45, 2.75) is 53.1 Å². The molecule has 2 saturated carbocycles. The maximum absolute atomic E-state index is 12.5. The third-order valence-corrected chi connectivity index (χ3v) is 6.70. The first-order chi connectivity index (χ1) is 9.74. The zero-order chi connectivity index (χ0) is 15.4. The molecule has 0 radical (unpaired) electrons. The Balaban J connectivity index is 1.80. The van der Waals surface area contributed by atoms with E-state index in [4.69, 9.17) is 4.74 Å². The summed E-state index contributed by atoms with van der Waals surface area (Å²) in [5, 5.41) is 0. The lowest BCUT2D eigenvalue weighted by Crippen LogP contribution is -2.38. The van der Waals surface area contributed by atoms with Gasteiger partial charge in [0.1, 0.15) is 6.10 Å². The first-order valence-electron chi connectivity index (χ1n) is 7.72. The molecule has 3 atom stereocenters. The number of benzene rings is 1. The Hall–Kier alpha value is -0.830. The monoisotopic (exact) mass is 350 g/mol. The van der Waals surface area contributed by atoms with E-state index in [2.05, 4.69) is 36.7 Å². The fourth-order valence-electron chi connectivity index (χ4n) is 4.36.